The van der Waals surface area contributed by atoms with E-state index in [1.165, 1.54) is 11.3 Å². The summed E-state index contributed by atoms with van der Waals surface area (Å²) >= 11 is 1.46. The molecule has 7 nitrogen and oxygen atoms in total. The lowest BCUT2D eigenvalue weighted by atomic mass is 9.73. The van der Waals surface area contributed by atoms with Gasteiger partial charge in [0, 0.05) is 43.7 Å². The van der Waals surface area contributed by atoms with Crippen molar-refractivity contribution in [2.24, 2.45) is 5.92 Å². The molecule has 0 bridgehead atoms. The first-order chi connectivity index (χ1) is 16.0. The molecule has 1 aliphatic rings. The molecule has 1 unspecified atom stereocenters. The predicted molar refractivity (Wildman–Crippen MR) is 129 cm³/mol. The van der Waals surface area contributed by atoms with Crippen molar-refractivity contribution in [2.75, 3.05) is 45.9 Å². The summed E-state index contributed by atoms with van der Waals surface area (Å²) < 4.78 is 5.70. The van der Waals surface area contributed by atoms with Gasteiger partial charge in [-0.2, -0.15) is 21.9 Å². The Labute approximate surface area is 200 Å². The molecule has 0 N–H and O–H groups in total. The van der Waals surface area contributed by atoms with Crippen molar-refractivity contribution in [2.45, 2.75) is 32.1 Å². The van der Waals surface area contributed by atoms with E-state index in [0.717, 1.165) is 57.0 Å². The summed E-state index contributed by atoms with van der Waals surface area (Å²) in [7, 11) is 0. The van der Waals surface area contributed by atoms with Gasteiger partial charge in [0.25, 0.3) is 0 Å². The second-order valence-electron chi connectivity index (χ2n) is 8.60. The fourth-order valence-electron chi connectivity index (χ4n) is 4.22. The monoisotopic (exact) mass is 462 g/mol. The highest BCUT2D eigenvalue weighted by Gasteiger charge is 2.37. The summed E-state index contributed by atoms with van der Waals surface area (Å²) in [5, 5.41) is 19.7. The molecule has 1 atom stereocenters. The molecule has 2 aromatic heterocycles. The first-order valence-corrected chi connectivity index (χ1v) is 12.2. The Morgan fingerprint density at radius 2 is 1.88 bits per heavy atom. The number of rotatable bonds is 10. The SMILES string of the molecule is [C-]#[N+]c1ccc(C(C#N)(CCCN2CCN(CCOc3cccc(C#N)n3)CC2)C(C)C)s1. The Kier molecular flexibility index (Phi) is 8.80. The van der Waals surface area contributed by atoms with Crippen LogP contribution in [-0.4, -0.2) is 60.7 Å². The molecule has 0 aliphatic carbocycles. The number of hydrogen-bond acceptors (Lipinski definition) is 7. The fourth-order valence-corrected chi connectivity index (χ4v) is 5.33. The Hall–Kier alpha value is -2.96. The third-order valence-electron chi connectivity index (χ3n) is 6.33. The van der Waals surface area contributed by atoms with Gasteiger partial charge in [0.15, 0.2) is 0 Å². The lowest BCUT2D eigenvalue weighted by Crippen LogP contribution is -2.47. The van der Waals surface area contributed by atoms with Crippen LogP contribution < -0.4 is 4.74 Å². The van der Waals surface area contributed by atoms with Gasteiger partial charge >= 0.3 is 0 Å². The standard InChI is InChI=1S/C25H30N6OS/c1-20(2)25(19-27,22-8-9-24(28-3)33-22)10-5-11-30-12-14-31(15-13-30)16-17-32-23-7-4-6-21(18-26)29-23/h4,6-9,20H,5,10-17H2,1-2H3. The maximum atomic E-state index is 10.1. The molecule has 0 aromatic carbocycles. The molecular weight excluding hydrogens is 432 g/mol. The molecule has 1 fully saturated rings. The van der Waals surface area contributed by atoms with Crippen LogP contribution >= 0.6 is 11.3 Å². The zero-order valence-electron chi connectivity index (χ0n) is 19.3. The van der Waals surface area contributed by atoms with E-state index in [1.807, 2.05) is 18.2 Å². The highest BCUT2D eigenvalue weighted by atomic mass is 32.1. The van der Waals surface area contributed by atoms with Gasteiger partial charge in [-0.1, -0.05) is 26.0 Å². The van der Waals surface area contributed by atoms with Crippen LogP contribution in [-0.2, 0) is 5.41 Å². The Morgan fingerprint density at radius 3 is 2.48 bits per heavy atom. The van der Waals surface area contributed by atoms with Gasteiger partial charge < -0.3 is 9.64 Å². The second-order valence-corrected chi connectivity index (χ2v) is 9.66. The molecule has 2 aromatic rings. The molecule has 3 rings (SSSR count). The van der Waals surface area contributed by atoms with E-state index in [9.17, 15) is 5.26 Å². The van der Waals surface area contributed by atoms with E-state index in [-0.39, 0.29) is 5.92 Å². The number of hydrogen-bond donors (Lipinski definition) is 0. The van der Waals surface area contributed by atoms with Crippen LogP contribution in [0.5, 0.6) is 5.88 Å². The lowest BCUT2D eigenvalue weighted by Gasteiger charge is -2.36. The van der Waals surface area contributed by atoms with Gasteiger partial charge in [0.05, 0.1) is 18.1 Å². The molecule has 0 saturated carbocycles. The van der Waals surface area contributed by atoms with Gasteiger partial charge in [0.1, 0.15) is 18.4 Å². The summed E-state index contributed by atoms with van der Waals surface area (Å²) in [6, 6.07) is 13.6. The molecule has 172 valence electrons. The number of piperazine rings is 1. The first kappa shape index (κ1) is 24.7. The number of thiophene rings is 1. The minimum atomic E-state index is -0.524. The van der Waals surface area contributed by atoms with Gasteiger partial charge in [-0.05, 0) is 37.4 Å². The van der Waals surface area contributed by atoms with E-state index in [2.05, 4.69) is 39.5 Å². The Balaban J connectivity index is 1.42. The third kappa shape index (κ3) is 6.30. The van der Waals surface area contributed by atoms with Crippen molar-refractivity contribution in [3.8, 4) is 18.0 Å². The van der Waals surface area contributed by atoms with Crippen molar-refractivity contribution in [3.63, 3.8) is 0 Å². The van der Waals surface area contributed by atoms with Crippen LogP contribution in [0.1, 0.15) is 37.3 Å². The minimum absolute atomic E-state index is 0.194. The molecule has 1 saturated heterocycles. The zero-order valence-corrected chi connectivity index (χ0v) is 20.1. The quantitative estimate of drug-likeness (QED) is 0.485. The predicted octanol–water partition coefficient (Wildman–Crippen LogP) is 4.46. The van der Waals surface area contributed by atoms with Gasteiger partial charge in [-0.25, -0.2) is 9.83 Å². The van der Waals surface area contributed by atoms with E-state index in [0.29, 0.717) is 23.2 Å². The van der Waals surface area contributed by atoms with Gasteiger partial charge in [-0.3, -0.25) is 4.90 Å². The average molecular weight is 463 g/mol. The summed E-state index contributed by atoms with van der Waals surface area (Å²) in [6.07, 6.45) is 1.77. The molecule has 8 heteroatoms. The van der Waals surface area contributed by atoms with E-state index < -0.39 is 5.41 Å². The zero-order chi connectivity index (χ0) is 23.7. The number of ether oxygens (including phenoxy) is 1. The molecule has 0 radical (unpaired) electrons. The van der Waals surface area contributed by atoms with Crippen molar-refractivity contribution in [3.05, 3.63) is 52.3 Å². The number of aromatic nitrogens is 1. The largest absolute Gasteiger partial charge is 0.476 e. The normalized spacial score (nSPS) is 16.5. The Bertz CT molecular complexity index is 1040. The van der Waals surface area contributed by atoms with E-state index in [4.69, 9.17) is 16.6 Å². The molecule has 33 heavy (non-hydrogen) atoms. The van der Waals surface area contributed by atoms with Crippen LogP contribution in [0, 0.1) is 35.2 Å². The van der Waals surface area contributed by atoms with Crippen molar-refractivity contribution < 1.29 is 4.74 Å². The summed E-state index contributed by atoms with van der Waals surface area (Å²) in [6.45, 7) is 17.8. The summed E-state index contributed by atoms with van der Waals surface area (Å²) in [5.74, 6) is 0.688. The molecular formula is C25H30N6OS. The van der Waals surface area contributed by atoms with Crippen LogP contribution in [0.4, 0.5) is 5.00 Å². The van der Waals surface area contributed by atoms with Crippen molar-refractivity contribution in [1.29, 1.82) is 10.5 Å². The highest BCUT2D eigenvalue weighted by molar-refractivity contribution is 7.16. The van der Waals surface area contributed by atoms with Gasteiger partial charge in [-0.15, -0.1) is 0 Å². The maximum Gasteiger partial charge on any atom is 0.241 e. The first-order valence-electron chi connectivity index (χ1n) is 11.3. The van der Waals surface area contributed by atoms with E-state index >= 15 is 0 Å². The summed E-state index contributed by atoms with van der Waals surface area (Å²) in [5.41, 5.74) is -0.159. The molecule has 0 spiro atoms. The van der Waals surface area contributed by atoms with E-state index in [1.54, 1.807) is 18.2 Å². The van der Waals surface area contributed by atoms with Crippen molar-refractivity contribution >= 4 is 16.3 Å². The highest BCUT2D eigenvalue weighted by Crippen LogP contribution is 2.42. The van der Waals surface area contributed by atoms with Crippen LogP contribution in [0.3, 0.4) is 0 Å². The molecule has 1 aliphatic heterocycles. The Morgan fingerprint density at radius 1 is 1.15 bits per heavy atom. The van der Waals surface area contributed by atoms with Crippen molar-refractivity contribution in [1.82, 2.24) is 14.8 Å². The number of nitrogens with zero attached hydrogens (tertiary/aromatic N) is 6. The second kappa shape index (κ2) is 11.8. The van der Waals surface area contributed by atoms with Crippen LogP contribution in [0.25, 0.3) is 4.85 Å². The molecule has 0 amide bonds. The topological polar surface area (TPSA) is 80.5 Å². The lowest BCUT2D eigenvalue weighted by molar-refractivity contribution is 0.113. The van der Waals surface area contributed by atoms with Crippen LogP contribution in [0.15, 0.2) is 30.3 Å². The average Bonchev–Trinajstić information content (AvgIpc) is 3.32. The minimum Gasteiger partial charge on any atom is -0.476 e. The summed E-state index contributed by atoms with van der Waals surface area (Å²) in [4.78, 5) is 13.5. The third-order valence-corrected chi connectivity index (χ3v) is 7.49. The molecule has 3 heterocycles. The smallest absolute Gasteiger partial charge is 0.241 e. The van der Waals surface area contributed by atoms with Crippen LogP contribution in [0.2, 0.25) is 0 Å². The number of pyridine rings is 1. The number of nitriles is 2. The fraction of sp³-hybridized carbons (Fsp3) is 0.520. The van der Waals surface area contributed by atoms with Gasteiger partial charge in [0.2, 0.25) is 10.9 Å². The maximum absolute atomic E-state index is 10.1.